The van der Waals surface area contributed by atoms with E-state index in [0.29, 0.717) is 0 Å². The van der Waals surface area contributed by atoms with Crippen LogP contribution in [0.1, 0.15) is 13.8 Å². The second-order valence-electron chi connectivity index (χ2n) is 3.48. The van der Waals surface area contributed by atoms with Crippen LogP contribution >= 0.6 is 0 Å². The van der Waals surface area contributed by atoms with Crippen molar-refractivity contribution in [1.82, 2.24) is 0 Å². The Hall–Kier alpha value is -1.13. The minimum absolute atomic E-state index is 0.238. The molecule has 4 heteroatoms. The number of rotatable bonds is 3. The quantitative estimate of drug-likeness (QED) is 0.662. The SMILES string of the molecule is CC(C)OC1(O)C=CC=CC1C(=O)O. The van der Waals surface area contributed by atoms with Gasteiger partial charge in [-0.1, -0.05) is 18.2 Å². The van der Waals surface area contributed by atoms with Crippen LogP contribution in [-0.4, -0.2) is 28.1 Å². The summed E-state index contributed by atoms with van der Waals surface area (Å²) >= 11 is 0. The fourth-order valence-corrected chi connectivity index (χ4v) is 1.36. The second-order valence-corrected chi connectivity index (χ2v) is 3.48. The summed E-state index contributed by atoms with van der Waals surface area (Å²) in [5, 5.41) is 18.8. The highest BCUT2D eigenvalue weighted by molar-refractivity contribution is 5.74. The Morgan fingerprint density at radius 1 is 1.50 bits per heavy atom. The molecule has 14 heavy (non-hydrogen) atoms. The van der Waals surface area contributed by atoms with Gasteiger partial charge in [-0.05, 0) is 19.9 Å². The van der Waals surface area contributed by atoms with Gasteiger partial charge in [-0.15, -0.1) is 0 Å². The van der Waals surface area contributed by atoms with Gasteiger partial charge in [0.2, 0.25) is 5.79 Å². The van der Waals surface area contributed by atoms with Crippen molar-refractivity contribution in [2.45, 2.75) is 25.7 Å². The van der Waals surface area contributed by atoms with E-state index in [2.05, 4.69) is 0 Å². The molecule has 0 aromatic carbocycles. The summed E-state index contributed by atoms with van der Waals surface area (Å²) in [4.78, 5) is 10.8. The lowest BCUT2D eigenvalue weighted by molar-refractivity contribution is -0.217. The molecule has 2 N–H and O–H groups in total. The minimum atomic E-state index is -1.73. The molecule has 0 aromatic rings. The lowest BCUT2D eigenvalue weighted by Crippen LogP contribution is -2.44. The number of aliphatic carboxylic acids is 1. The maximum Gasteiger partial charge on any atom is 0.316 e. The van der Waals surface area contributed by atoms with Gasteiger partial charge in [0.25, 0.3) is 0 Å². The third-order valence-electron chi connectivity index (χ3n) is 1.89. The molecular weight excluding hydrogens is 184 g/mol. The summed E-state index contributed by atoms with van der Waals surface area (Å²) in [6, 6.07) is 0. The molecule has 78 valence electrons. The topological polar surface area (TPSA) is 66.8 Å². The summed E-state index contributed by atoms with van der Waals surface area (Å²) in [6.07, 6.45) is 5.67. The number of carboxylic acids is 1. The highest BCUT2D eigenvalue weighted by atomic mass is 16.6. The van der Waals surface area contributed by atoms with E-state index in [4.69, 9.17) is 9.84 Å². The standard InChI is InChI=1S/C10H14O4/c1-7(2)14-10(13)6-4-3-5-8(10)9(11)12/h3-8,13H,1-2H3,(H,11,12). The number of allylic oxidation sites excluding steroid dienone is 2. The number of hydrogen-bond acceptors (Lipinski definition) is 3. The van der Waals surface area contributed by atoms with Crippen LogP contribution in [0.5, 0.6) is 0 Å². The molecule has 0 saturated heterocycles. The summed E-state index contributed by atoms with van der Waals surface area (Å²) in [5.74, 6) is -3.88. The van der Waals surface area contributed by atoms with Gasteiger partial charge in [0.1, 0.15) is 5.92 Å². The zero-order valence-electron chi connectivity index (χ0n) is 8.18. The normalized spacial score (nSPS) is 31.0. The van der Waals surface area contributed by atoms with E-state index >= 15 is 0 Å². The number of ether oxygens (including phenoxy) is 1. The predicted molar refractivity (Wildman–Crippen MR) is 50.6 cm³/mol. The Balaban J connectivity index is 2.88. The van der Waals surface area contributed by atoms with Gasteiger partial charge in [0, 0.05) is 0 Å². The van der Waals surface area contributed by atoms with Crippen molar-refractivity contribution in [3.63, 3.8) is 0 Å². The van der Waals surface area contributed by atoms with Crippen molar-refractivity contribution in [1.29, 1.82) is 0 Å². The number of carbonyl (C=O) groups is 1. The third kappa shape index (κ3) is 2.21. The van der Waals surface area contributed by atoms with Crippen LogP contribution < -0.4 is 0 Å². The lowest BCUT2D eigenvalue weighted by Gasteiger charge is -2.32. The van der Waals surface area contributed by atoms with E-state index < -0.39 is 17.7 Å². The number of aliphatic hydroxyl groups is 1. The van der Waals surface area contributed by atoms with Gasteiger partial charge in [-0.2, -0.15) is 0 Å². The molecule has 0 spiro atoms. The van der Waals surface area contributed by atoms with Gasteiger partial charge in [-0.3, -0.25) is 4.79 Å². The third-order valence-corrected chi connectivity index (χ3v) is 1.89. The zero-order valence-corrected chi connectivity index (χ0v) is 8.18. The van der Waals surface area contributed by atoms with Gasteiger partial charge < -0.3 is 14.9 Å². The van der Waals surface area contributed by atoms with Crippen LogP contribution in [0.2, 0.25) is 0 Å². The van der Waals surface area contributed by atoms with Crippen molar-refractivity contribution in [2.75, 3.05) is 0 Å². The van der Waals surface area contributed by atoms with Crippen LogP contribution in [0.3, 0.4) is 0 Å². The van der Waals surface area contributed by atoms with Crippen LogP contribution in [0.25, 0.3) is 0 Å². The van der Waals surface area contributed by atoms with Crippen molar-refractivity contribution in [3.05, 3.63) is 24.3 Å². The maximum atomic E-state index is 10.8. The first kappa shape index (κ1) is 10.9. The molecule has 4 nitrogen and oxygen atoms in total. The molecule has 0 bridgehead atoms. The summed E-state index contributed by atoms with van der Waals surface area (Å²) in [6.45, 7) is 3.48. The van der Waals surface area contributed by atoms with E-state index in [1.165, 1.54) is 12.2 Å². The molecule has 1 rings (SSSR count). The Morgan fingerprint density at radius 3 is 2.64 bits per heavy atom. The molecule has 0 amide bonds. The van der Waals surface area contributed by atoms with Gasteiger partial charge in [-0.25, -0.2) is 0 Å². The van der Waals surface area contributed by atoms with E-state index in [9.17, 15) is 9.90 Å². The molecule has 0 heterocycles. The van der Waals surface area contributed by atoms with E-state index in [0.717, 1.165) is 0 Å². The highest BCUT2D eigenvalue weighted by Gasteiger charge is 2.40. The first-order valence-electron chi connectivity index (χ1n) is 4.45. The molecule has 1 aliphatic rings. The van der Waals surface area contributed by atoms with Crippen molar-refractivity contribution in [3.8, 4) is 0 Å². The van der Waals surface area contributed by atoms with Crippen LogP contribution in [-0.2, 0) is 9.53 Å². The first-order valence-corrected chi connectivity index (χ1v) is 4.45. The molecule has 0 aliphatic heterocycles. The van der Waals surface area contributed by atoms with Crippen molar-refractivity contribution >= 4 is 5.97 Å². The maximum absolute atomic E-state index is 10.8. The molecule has 1 aliphatic carbocycles. The fraction of sp³-hybridized carbons (Fsp3) is 0.500. The molecule has 0 radical (unpaired) electrons. The van der Waals surface area contributed by atoms with E-state index in [1.807, 2.05) is 0 Å². The van der Waals surface area contributed by atoms with Crippen LogP contribution in [0.4, 0.5) is 0 Å². The molecule has 0 saturated carbocycles. The monoisotopic (exact) mass is 198 g/mol. The lowest BCUT2D eigenvalue weighted by atomic mass is 9.94. The Labute approximate surface area is 82.5 Å². The van der Waals surface area contributed by atoms with Crippen LogP contribution in [0, 0.1) is 5.92 Å². The van der Waals surface area contributed by atoms with Gasteiger partial charge in [0.05, 0.1) is 6.10 Å². The molecule has 2 unspecified atom stereocenters. The van der Waals surface area contributed by atoms with Crippen LogP contribution in [0.15, 0.2) is 24.3 Å². The average molecular weight is 198 g/mol. The second kappa shape index (κ2) is 3.94. The molecule has 0 fully saturated rings. The highest BCUT2D eigenvalue weighted by Crippen LogP contribution is 2.27. The molecule has 2 atom stereocenters. The van der Waals surface area contributed by atoms with E-state index in [1.54, 1.807) is 26.0 Å². The summed E-state index contributed by atoms with van der Waals surface area (Å²) in [7, 11) is 0. The van der Waals surface area contributed by atoms with Crippen molar-refractivity contribution < 1.29 is 19.7 Å². The smallest absolute Gasteiger partial charge is 0.316 e. The summed E-state index contributed by atoms with van der Waals surface area (Å²) < 4.78 is 5.19. The van der Waals surface area contributed by atoms with Gasteiger partial charge in [0.15, 0.2) is 0 Å². The number of hydrogen-bond donors (Lipinski definition) is 2. The molecular formula is C10H14O4. The largest absolute Gasteiger partial charge is 0.481 e. The van der Waals surface area contributed by atoms with Crippen molar-refractivity contribution in [2.24, 2.45) is 5.92 Å². The Bertz CT molecular complexity index is 280. The van der Waals surface area contributed by atoms with E-state index in [-0.39, 0.29) is 6.10 Å². The Morgan fingerprint density at radius 2 is 2.14 bits per heavy atom. The fourth-order valence-electron chi connectivity index (χ4n) is 1.36. The van der Waals surface area contributed by atoms with Gasteiger partial charge >= 0.3 is 5.97 Å². The summed E-state index contributed by atoms with van der Waals surface area (Å²) in [5.41, 5.74) is 0. The average Bonchev–Trinajstić information content (AvgIpc) is 2.01. The Kier molecular flexibility index (Phi) is 3.08. The number of carboxylic acid groups (broad SMARTS) is 1. The molecule has 0 aromatic heterocycles. The minimum Gasteiger partial charge on any atom is -0.481 e. The predicted octanol–water partition coefficient (Wildman–Crippen LogP) is 0.927. The first-order chi connectivity index (χ1) is 6.46. The zero-order chi connectivity index (χ0) is 10.8.